The average molecular weight is 339 g/mol. The molecule has 1 heterocycles. The number of likely N-dealkylation sites (tertiary alicyclic amines) is 1. The molecule has 1 aliphatic heterocycles. The van der Waals surface area contributed by atoms with E-state index in [0.29, 0.717) is 23.8 Å². The summed E-state index contributed by atoms with van der Waals surface area (Å²) in [5, 5.41) is 0. The van der Waals surface area contributed by atoms with E-state index >= 15 is 0 Å². The Balaban J connectivity index is 1.73. The van der Waals surface area contributed by atoms with Crippen LogP contribution in [0.25, 0.3) is 0 Å². The second-order valence-electron chi connectivity index (χ2n) is 6.50. The van der Waals surface area contributed by atoms with E-state index in [-0.39, 0.29) is 12.0 Å². The van der Waals surface area contributed by atoms with Crippen LogP contribution in [-0.4, -0.2) is 44.2 Å². The molecule has 0 N–H and O–H groups in total. The van der Waals surface area contributed by atoms with Crippen LogP contribution in [0.4, 0.5) is 0 Å². The Morgan fingerprint density at radius 1 is 1.12 bits per heavy atom. The lowest BCUT2D eigenvalue weighted by Gasteiger charge is -2.38. The summed E-state index contributed by atoms with van der Waals surface area (Å²) in [6.07, 6.45) is 1.97. The van der Waals surface area contributed by atoms with Gasteiger partial charge in [0.15, 0.2) is 0 Å². The van der Waals surface area contributed by atoms with Crippen LogP contribution in [0.2, 0.25) is 0 Å². The summed E-state index contributed by atoms with van der Waals surface area (Å²) in [5.74, 6) is 1.07. The van der Waals surface area contributed by atoms with Crippen molar-refractivity contribution in [3.63, 3.8) is 0 Å². The lowest BCUT2D eigenvalue weighted by atomic mass is 9.88. The molecule has 2 aromatic rings. The van der Waals surface area contributed by atoms with E-state index in [9.17, 15) is 4.79 Å². The molecule has 0 spiro atoms. The fourth-order valence-electron chi connectivity index (χ4n) is 3.56. The molecular formula is C21H25NO3. The van der Waals surface area contributed by atoms with Gasteiger partial charge in [-0.1, -0.05) is 36.4 Å². The van der Waals surface area contributed by atoms with E-state index < -0.39 is 0 Å². The van der Waals surface area contributed by atoms with Gasteiger partial charge in [0, 0.05) is 31.7 Å². The van der Waals surface area contributed by atoms with E-state index in [1.165, 1.54) is 5.56 Å². The van der Waals surface area contributed by atoms with Gasteiger partial charge in [-0.15, -0.1) is 0 Å². The fraction of sp³-hybridized carbons (Fsp3) is 0.381. The molecular weight excluding hydrogens is 314 g/mol. The maximum absolute atomic E-state index is 12.9. The standard InChI is InChI=1S/C21H25NO3/c1-24-19-10-6-9-17(14-19)21(23)22-12-11-20(25-2)18(15-22)13-16-7-4-3-5-8-16/h3-10,14,18,20H,11-13,15H2,1-2H3/t18-,20+/m0/s1. The number of carbonyl (C=O) groups is 1. The summed E-state index contributed by atoms with van der Waals surface area (Å²) < 4.78 is 10.9. The molecule has 2 atom stereocenters. The first kappa shape index (κ1) is 17.5. The number of ether oxygens (including phenoxy) is 2. The van der Waals surface area contributed by atoms with E-state index in [2.05, 4.69) is 24.3 Å². The molecule has 1 amide bonds. The summed E-state index contributed by atoms with van der Waals surface area (Å²) in [7, 11) is 3.38. The third kappa shape index (κ3) is 4.20. The van der Waals surface area contributed by atoms with E-state index in [1.807, 2.05) is 29.2 Å². The number of amides is 1. The molecule has 0 radical (unpaired) electrons. The minimum Gasteiger partial charge on any atom is -0.497 e. The van der Waals surface area contributed by atoms with Gasteiger partial charge in [-0.3, -0.25) is 4.79 Å². The highest BCUT2D eigenvalue weighted by atomic mass is 16.5. The highest BCUT2D eigenvalue weighted by Crippen LogP contribution is 2.25. The molecule has 3 rings (SSSR count). The Bertz CT molecular complexity index is 701. The lowest BCUT2D eigenvalue weighted by Crippen LogP contribution is -2.47. The molecule has 0 saturated carbocycles. The summed E-state index contributed by atoms with van der Waals surface area (Å²) >= 11 is 0. The lowest BCUT2D eigenvalue weighted by molar-refractivity contribution is -0.00300. The van der Waals surface area contributed by atoms with E-state index in [1.54, 1.807) is 20.3 Å². The molecule has 0 unspecified atom stereocenters. The molecule has 1 saturated heterocycles. The van der Waals surface area contributed by atoms with Gasteiger partial charge in [0.2, 0.25) is 0 Å². The van der Waals surface area contributed by atoms with Crippen molar-refractivity contribution in [2.45, 2.75) is 18.9 Å². The van der Waals surface area contributed by atoms with Gasteiger partial charge in [-0.05, 0) is 36.6 Å². The van der Waals surface area contributed by atoms with Crippen LogP contribution in [0, 0.1) is 5.92 Å². The van der Waals surface area contributed by atoms with Gasteiger partial charge in [-0.2, -0.15) is 0 Å². The molecule has 0 aromatic heterocycles. The van der Waals surface area contributed by atoms with Crippen LogP contribution in [0.3, 0.4) is 0 Å². The van der Waals surface area contributed by atoms with Gasteiger partial charge in [0.05, 0.1) is 13.2 Å². The quantitative estimate of drug-likeness (QED) is 0.838. The van der Waals surface area contributed by atoms with E-state index in [0.717, 1.165) is 19.4 Å². The molecule has 1 aliphatic rings. The maximum Gasteiger partial charge on any atom is 0.254 e. The average Bonchev–Trinajstić information content (AvgIpc) is 2.68. The molecule has 0 aliphatic carbocycles. The van der Waals surface area contributed by atoms with Crippen LogP contribution in [-0.2, 0) is 11.2 Å². The van der Waals surface area contributed by atoms with Crippen LogP contribution < -0.4 is 4.74 Å². The van der Waals surface area contributed by atoms with Gasteiger partial charge < -0.3 is 14.4 Å². The number of rotatable bonds is 5. The van der Waals surface area contributed by atoms with Crippen molar-refractivity contribution in [2.24, 2.45) is 5.92 Å². The Labute approximate surface area is 149 Å². The van der Waals surface area contributed by atoms with Gasteiger partial charge in [0.1, 0.15) is 5.75 Å². The van der Waals surface area contributed by atoms with Crippen molar-refractivity contribution in [1.82, 2.24) is 4.90 Å². The Kier molecular flexibility index (Phi) is 5.71. The van der Waals surface area contributed by atoms with Crippen molar-refractivity contribution in [2.75, 3.05) is 27.3 Å². The topological polar surface area (TPSA) is 38.8 Å². The minimum atomic E-state index is 0.0616. The Morgan fingerprint density at radius 2 is 1.92 bits per heavy atom. The van der Waals surface area contributed by atoms with Gasteiger partial charge in [0.25, 0.3) is 5.91 Å². The van der Waals surface area contributed by atoms with Crippen molar-refractivity contribution in [1.29, 1.82) is 0 Å². The van der Waals surface area contributed by atoms with Gasteiger partial charge >= 0.3 is 0 Å². The SMILES string of the molecule is COc1cccc(C(=O)N2CC[C@@H](OC)[C@@H](Cc3ccccc3)C2)c1. The van der Waals surface area contributed by atoms with Gasteiger partial charge in [-0.25, -0.2) is 0 Å². The monoisotopic (exact) mass is 339 g/mol. The van der Waals surface area contributed by atoms with Crippen molar-refractivity contribution >= 4 is 5.91 Å². The third-order valence-electron chi connectivity index (χ3n) is 4.91. The minimum absolute atomic E-state index is 0.0616. The fourth-order valence-corrected chi connectivity index (χ4v) is 3.56. The number of hydrogen-bond acceptors (Lipinski definition) is 3. The zero-order valence-electron chi connectivity index (χ0n) is 14.9. The first-order valence-electron chi connectivity index (χ1n) is 8.71. The summed E-state index contributed by atoms with van der Waals surface area (Å²) in [6.45, 7) is 1.43. The second-order valence-corrected chi connectivity index (χ2v) is 6.50. The van der Waals surface area contributed by atoms with Crippen LogP contribution in [0.15, 0.2) is 54.6 Å². The van der Waals surface area contributed by atoms with Crippen molar-refractivity contribution < 1.29 is 14.3 Å². The maximum atomic E-state index is 12.9. The van der Waals surface area contributed by atoms with Crippen LogP contribution in [0.5, 0.6) is 5.75 Å². The summed E-state index contributed by atoms with van der Waals surface area (Å²) in [6, 6.07) is 17.8. The molecule has 0 bridgehead atoms. The second kappa shape index (κ2) is 8.17. The number of piperidine rings is 1. The molecule has 132 valence electrons. The summed E-state index contributed by atoms with van der Waals surface area (Å²) in [4.78, 5) is 14.8. The summed E-state index contributed by atoms with van der Waals surface area (Å²) in [5.41, 5.74) is 1.96. The van der Waals surface area contributed by atoms with E-state index in [4.69, 9.17) is 9.47 Å². The first-order chi connectivity index (χ1) is 12.2. The normalized spacial score (nSPS) is 20.3. The number of benzene rings is 2. The predicted octanol–water partition coefficient (Wildman–Crippen LogP) is 3.42. The van der Waals surface area contributed by atoms with Crippen LogP contribution in [0.1, 0.15) is 22.3 Å². The van der Waals surface area contributed by atoms with Crippen LogP contribution >= 0.6 is 0 Å². The highest BCUT2D eigenvalue weighted by Gasteiger charge is 2.32. The Hall–Kier alpha value is -2.33. The third-order valence-corrected chi connectivity index (χ3v) is 4.91. The molecule has 25 heavy (non-hydrogen) atoms. The molecule has 4 nitrogen and oxygen atoms in total. The molecule has 1 fully saturated rings. The number of carbonyl (C=O) groups excluding carboxylic acids is 1. The zero-order valence-corrected chi connectivity index (χ0v) is 14.9. The number of methoxy groups -OCH3 is 2. The van der Waals surface area contributed by atoms with Crippen molar-refractivity contribution in [3.05, 3.63) is 65.7 Å². The largest absolute Gasteiger partial charge is 0.497 e. The predicted molar refractivity (Wildman–Crippen MR) is 97.9 cm³/mol. The molecule has 2 aromatic carbocycles. The zero-order chi connectivity index (χ0) is 17.6. The number of hydrogen-bond donors (Lipinski definition) is 0. The van der Waals surface area contributed by atoms with Crippen molar-refractivity contribution in [3.8, 4) is 5.75 Å². The smallest absolute Gasteiger partial charge is 0.254 e. The molecule has 4 heteroatoms. The Morgan fingerprint density at radius 3 is 2.64 bits per heavy atom. The number of nitrogens with zero attached hydrogens (tertiary/aromatic N) is 1. The highest BCUT2D eigenvalue weighted by molar-refractivity contribution is 5.94. The first-order valence-corrected chi connectivity index (χ1v) is 8.71.